The van der Waals surface area contributed by atoms with Gasteiger partial charge in [0.05, 0.1) is 17.1 Å². The number of nitrogens with one attached hydrogen (secondary N) is 1. The van der Waals surface area contributed by atoms with Crippen molar-refractivity contribution in [3.8, 4) is 5.75 Å². The molecule has 0 saturated carbocycles. The van der Waals surface area contributed by atoms with Gasteiger partial charge in [-0.25, -0.2) is 4.79 Å². The number of carboxylic acids is 1. The van der Waals surface area contributed by atoms with Gasteiger partial charge in [-0.3, -0.25) is 0 Å². The number of benzene rings is 2. The first-order valence-electron chi connectivity index (χ1n) is 6.45. The predicted octanol–water partition coefficient (Wildman–Crippen LogP) is 3.45. The Labute approximate surface area is 131 Å². The van der Waals surface area contributed by atoms with Crippen molar-refractivity contribution in [1.82, 2.24) is 5.32 Å². The van der Waals surface area contributed by atoms with Crippen LogP contribution in [0.3, 0.4) is 0 Å². The van der Waals surface area contributed by atoms with E-state index in [1.807, 2.05) is 30.3 Å². The van der Waals surface area contributed by atoms with Crippen LogP contribution in [0.25, 0.3) is 0 Å². The number of aromatic carboxylic acids is 1. The summed E-state index contributed by atoms with van der Waals surface area (Å²) in [6, 6.07) is 12.8. The summed E-state index contributed by atoms with van der Waals surface area (Å²) in [6.45, 7) is 1.41. The van der Waals surface area contributed by atoms with Crippen LogP contribution in [0.5, 0.6) is 5.75 Å². The van der Waals surface area contributed by atoms with Crippen LogP contribution in [0.2, 0.25) is 0 Å². The van der Waals surface area contributed by atoms with E-state index >= 15 is 0 Å². The van der Waals surface area contributed by atoms with Crippen molar-refractivity contribution >= 4 is 21.9 Å². The quantitative estimate of drug-likeness (QED) is 0.838. The van der Waals surface area contributed by atoms with Crippen LogP contribution in [0, 0.1) is 0 Å². The van der Waals surface area contributed by atoms with Crippen LogP contribution >= 0.6 is 15.9 Å². The second-order valence-electron chi connectivity index (χ2n) is 4.57. The summed E-state index contributed by atoms with van der Waals surface area (Å²) >= 11 is 3.46. The van der Waals surface area contributed by atoms with Gasteiger partial charge in [-0.15, -0.1) is 0 Å². The second kappa shape index (κ2) is 7.24. The summed E-state index contributed by atoms with van der Waals surface area (Å²) in [5, 5.41) is 12.2. The van der Waals surface area contributed by atoms with Gasteiger partial charge in [-0.2, -0.15) is 0 Å². The molecule has 110 valence electrons. The van der Waals surface area contributed by atoms with Crippen molar-refractivity contribution in [2.24, 2.45) is 0 Å². The number of ether oxygens (including phenoxy) is 1. The van der Waals surface area contributed by atoms with E-state index in [2.05, 4.69) is 21.2 Å². The molecule has 0 radical (unpaired) electrons. The summed E-state index contributed by atoms with van der Waals surface area (Å²) in [5.41, 5.74) is 2.50. The number of hydrogen-bond donors (Lipinski definition) is 2. The molecule has 2 aromatic carbocycles. The summed E-state index contributed by atoms with van der Waals surface area (Å²) in [4.78, 5) is 10.8. The predicted molar refractivity (Wildman–Crippen MR) is 84.6 cm³/mol. The molecule has 0 fully saturated rings. The topological polar surface area (TPSA) is 58.6 Å². The highest BCUT2D eigenvalue weighted by atomic mass is 79.9. The smallest absolute Gasteiger partial charge is 0.335 e. The fourth-order valence-electron chi connectivity index (χ4n) is 1.94. The molecule has 2 rings (SSSR count). The average molecular weight is 350 g/mol. The number of halogens is 1. The Morgan fingerprint density at radius 1 is 1.14 bits per heavy atom. The van der Waals surface area contributed by atoms with Gasteiger partial charge in [-0.05, 0) is 51.3 Å². The SMILES string of the molecule is COc1ccc(CNCc2ccc(C(=O)O)cc2)cc1Br. The minimum absolute atomic E-state index is 0.304. The van der Waals surface area contributed by atoms with Crippen LogP contribution in [0.1, 0.15) is 21.5 Å². The van der Waals surface area contributed by atoms with Crippen LogP contribution in [-0.2, 0) is 13.1 Å². The second-order valence-corrected chi connectivity index (χ2v) is 5.43. The summed E-state index contributed by atoms with van der Waals surface area (Å²) < 4.78 is 6.12. The monoisotopic (exact) mass is 349 g/mol. The fourth-order valence-corrected chi connectivity index (χ4v) is 2.52. The number of carbonyl (C=O) groups is 1. The van der Waals surface area contributed by atoms with Gasteiger partial charge in [0.25, 0.3) is 0 Å². The Balaban J connectivity index is 1.89. The summed E-state index contributed by atoms with van der Waals surface area (Å²) in [7, 11) is 1.64. The molecule has 2 aromatic rings. The van der Waals surface area contributed by atoms with Crippen LogP contribution in [-0.4, -0.2) is 18.2 Å². The van der Waals surface area contributed by atoms with E-state index in [-0.39, 0.29) is 0 Å². The molecule has 21 heavy (non-hydrogen) atoms. The third-order valence-electron chi connectivity index (χ3n) is 3.08. The lowest BCUT2D eigenvalue weighted by molar-refractivity contribution is 0.0697. The maximum atomic E-state index is 10.8. The molecule has 5 heteroatoms. The highest BCUT2D eigenvalue weighted by molar-refractivity contribution is 9.10. The zero-order valence-corrected chi connectivity index (χ0v) is 13.2. The molecular formula is C16H16BrNO3. The maximum Gasteiger partial charge on any atom is 0.335 e. The molecule has 0 bridgehead atoms. The number of hydrogen-bond acceptors (Lipinski definition) is 3. The van der Waals surface area contributed by atoms with Crippen molar-refractivity contribution in [2.45, 2.75) is 13.1 Å². The minimum atomic E-state index is -0.905. The molecule has 4 nitrogen and oxygen atoms in total. The molecule has 0 atom stereocenters. The van der Waals surface area contributed by atoms with E-state index in [1.54, 1.807) is 19.2 Å². The van der Waals surface area contributed by atoms with Crippen molar-refractivity contribution in [2.75, 3.05) is 7.11 Å². The molecule has 0 aliphatic heterocycles. The van der Waals surface area contributed by atoms with E-state index in [1.165, 1.54) is 0 Å². The van der Waals surface area contributed by atoms with Crippen LogP contribution in [0.15, 0.2) is 46.9 Å². The third kappa shape index (κ3) is 4.31. The van der Waals surface area contributed by atoms with Crippen molar-refractivity contribution < 1.29 is 14.6 Å². The molecule has 0 saturated heterocycles. The number of methoxy groups -OCH3 is 1. The summed E-state index contributed by atoms with van der Waals surface area (Å²) in [5.74, 6) is -0.0967. The average Bonchev–Trinajstić information content (AvgIpc) is 2.48. The van der Waals surface area contributed by atoms with Crippen LogP contribution < -0.4 is 10.1 Å². The fraction of sp³-hybridized carbons (Fsp3) is 0.188. The molecule has 0 aromatic heterocycles. The number of carboxylic acid groups (broad SMARTS) is 1. The first-order valence-corrected chi connectivity index (χ1v) is 7.25. The Morgan fingerprint density at radius 2 is 1.76 bits per heavy atom. The van der Waals surface area contributed by atoms with Gasteiger partial charge in [-0.1, -0.05) is 18.2 Å². The molecule has 0 aliphatic rings. The van der Waals surface area contributed by atoms with E-state index in [0.717, 1.165) is 27.9 Å². The molecule has 0 unspecified atom stereocenters. The van der Waals surface area contributed by atoms with E-state index in [0.29, 0.717) is 12.1 Å². The van der Waals surface area contributed by atoms with Crippen molar-refractivity contribution in [3.63, 3.8) is 0 Å². The molecule has 0 spiro atoms. The molecule has 0 amide bonds. The summed E-state index contributed by atoms with van der Waals surface area (Å²) in [6.07, 6.45) is 0. The number of rotatable bonds is 6. The van der Waals surface area contributed by atoms with E-state index < -0.39 is 5.97 Å². The Kier molecular flexibility index (Phi) is 5.36. The van der Waals surface area contributed by atoms with Gasteiger partial charge < -0.3 is 15.2 Å². The lowest BCUT2D eigenvalue weighted by Gasteiger charge is -2.08. The van der Waals surface area contributed by atoms with E-state index in [4.69, 9.17) is 9.84 Å². The molecule has 2 N–H and O–H groups in total. The van der Waals surface area contributed by atoms with Gasteiger partial charge in [0.1, 0.15) is 5.75 Å². The Bertz CT molecular complexity index is 626. The molecule has 0 heterocycles. The van der Waals surface area contributed by atoms with Crippen LogP contribution in [0.4, 0.5) is 0 Å². The zero-order valence-electron chi connectivity index (χ0n) is 11.6. The first kappa shape index (κ1) is 15.5. The highest BCUT2D eigenvalue weighted by Gasteiger charge is 2.03. The van der Waals surface area contributed by atoms with Crippen molar-refractivity contribution in [3.05, 3.63) is 63.6 Å². The standard InChI is InChI=1S/C16H16BrNO3/c1-21-15-7-4-12(8-14(15)17)10-18-9-11-2-5-13(6-3-11)16(19)20/h2-8,18H,9-10H2,1H3,(H,19,20). The van der Waals surface area contributed by atoms with Gasteiger partial charge in [0.15, 0.2) is 0 Å². The lowest BCUT2D eigenvalue weighted by Crippen LogP contribution is -2.12. The zero-order chi connectivity index (χ0) is 15.2. The molecule has 0 aliphatic carbocycles. The van der Waals surface area contributed by atoms with Gasteiger partial charge >= 0.3 is 5.97 Å². The van der Waals surface area contributed by atoms with E-state index in [9.17, 15) is 4.79 Å². The maximum absolute atomic E-state index is 10.8. The molecular weight excluding hydrogens is 334 g/mol. The minimum Gasteiger partial charge on any atom is -0.496 e. The Hall–Kier alpha value is -1.85. The third-order valence-corrected chi connectivity index (χ3v) is 3.70. The van der Waals surface area contributed by atoms with Gasteiger partial charge in [0.2, 0.25) is 0 Å². The lowest BCUT2D eigenvalue weighted by atomic mass is 10.1. The highest BCUT2D eigenvalue weighted by Crippen LogP contribution is 2.25. The largest absolute Gasteiger partial charge is 0.496 e. The van der Waals surface area contributed by atoms with Crippen molar-refractivity contribution in [1.29, 1.82) is 0 Å². The first-order chi connectivity index (χ1) is 10.1. The Morgan fingerprint density at radius 3 is 2.33 bits per heavy atom. The van der Waals surface area contributed by atoms with Gasteiger partial charge in [0, 0.05) is 13.1 Å². The normalized spacial score (nSPS) is 10.4.